The fourth-order valence-corrected chi connectivity index (χ4v) is 4.18. The lowest BCUT2D eigenvalue weighted by Gasteiger charge is -2.24. The zero-order valence-corrected chi connectivity index (χ0v) is 17.5. The molecule has 0 saturated heterocycles. The summed E-state index contributed by atoms with van der Waals surface area (Å²) in [6.07, 6.45) is 0. The number of carbonyl (C=O) groups excluding carboxylic acids is 1. The number of fused-ring (bicyclic) bond motifs is 1. The molecule has 1 amide bonds. The van der Waals surface area contributed by atoms with Crippen molar-refractivity contribution in [3.8, 4) is 0 Å². The van der Waals surface area contributed by atoms with Crippen molar-refractivity contribution >= 4 is 44.0 Å². The van der Waals surface area contributed by atoms with Gasteiger partial charge in [0, 0.05) is 26.0 Å². The first kappa shape index (κ1) is 20.3. The summed E-state index contributed by atoms with van der Waals surface area (Å²) in [5.74, 6) is -0.348. The number of hydrogen-bond acceptors (Lipinski definition) is 3. The Kier molecular flexibility index (Phi) is 5.74. The van der Waals surface area contributed by atoms with E-state index < -0.39 is 10.0 Å². The molecule has 146 valence electrons. The van der Waals surface area contributed by atoms with Gasteiger partial charge >= 0.3 is 0 Å². The highest BCUT2D eigenvalue weighted by atomic mass is 35.5. The quantitative estimate of drug-likeness (QED) is 0.619. The first-order valence-corrected chi connectivity index (χ1v) is 10.6. The van der Waals surface area contributed by atoms with Crippen LogP contribution >= 0.6 is 11.6 Å². The summed E-state index contributed by atoms with van der Waals surface area (Å²) in [7, 11) is -0.789. The molecular formula is C21H21ClN2O3S. The lowest BCUT2D eigenvalue weighted by atomic mass is 10.1. The highest BCUT2D eigenvalue weighted by molar-refractivity contribution is 7.89. The molecule has 28 heavy (non-hydrogen) atoms. The molecule has 0 heterocycles. The molecule has 0 fully saturated rings. The van der Waals surface area contributed by atoms with E-state index in [1.807, 2.05) is 49.4 Å². The van der Waals surface area contributed by atoms with Gasteiger partial charge < -0.3 is 4.90 Å². The second kappa shape index (κ2) is 7.91. The predicted octanol–water partition coefficient (Wildman–Crippen LogP) is 4.41. The van der Waals surface area contributed by atoms with Crippen LogP contribution in [0.25, 0.3) is 10.8 Å². The van der Waals surface area contributed by atoms with E-state index >= 15 is 0 Å². The molecule has 0 aromatic heterocycles. The van der Waals surface area contributed by atoms with Gasteiger partial charge in [-0.1, -0.05) is 48.0 Å². The Morgan fingerprint density at radius 3 is 2.36 bits per heavy atom. The van der Waals surface area contributed by atoms with E-state index in [2.05, 4.69) is 0 Å². The lowest BCUT2D eigenvalue weighted by molar-refractivity contribution is 0.0988. The number of halogens is 1. The maximum Gasteiger partial charge on any atom is 0.259 e. The van der Waals surface area contributed by atoms with Gasteiger partial charge in [-0.3, -0.25) is 4.79 Å². The molecule has 3 rings (SSSR count). The minimum Gasteiger partial charge on any atom is -0.308 e. The molecule has 0 radical (unpaired) electrons. The van der Waals surface area contributed by atoms with E-state index in [0.29, 0.717) is 6.54 Å². The number of rotatable bonds is 5. The summed E-state index contributed by atoms with van der Waals surface area (Å²) in [6, 6.07) is 17.7. The smallest absolute Gasteiger partial charge is 0.259 e. The molecule has 7 heteroatoms. The molecule has 0 aliphatic rings. The van der Waals surface area contributed by atoms with Crippen LogP contribution < -0.4 is 4.90 Å². The van der Waals surface area contributed by atoms with Crippen LogP contribution in [0.3, 0.4) is 0 Å². The molecule has 0 aliphatic carbocycles. The van der Waals surface area contributed by atoms with Crippen LogP contribution in [-0.2, 0) is 10.0 Å². The van der Waals surface area contributed by atoms with Gasteiger partial charge in [-0.15, -0.1) is 0 Å². The minimum absolute atomic E-state index is 0.0271. The van der Waals surface area contributed by atoms with Crippen molar-refractivity contribution < 1.29 is 13.2 Å². The van der Waals surface area contributed by atoms with Gasteiger partial charge in [-0.05, 0) is 36.6 Å². The standard InChI is InChI=1S/C21H21ClN2O3S/c1-4-24(20-11-7-9-15-8-5-6-10-17(15)20)21(25)18-14-16(12-13-19(18)22)28(26,27)23(2)3/h5-14H,4H2,1-3H3. The third kappa shape index (κ3) is 3.63. The molecule has 0 aliphatic heterocycles. The highest BCUT2D eigenvalue weighted by Crippen LogP contribution is 2.30. The molecule has 3 aromatic carbocycles. The van der Waals surface area contributed by atoms with E-state index in [-0.39, 0.29) is 21.4 Å². The summed E-state index contributed by atoms with van der Waals surface area (Å²) in [6.45, 7) is 2.28. The molecule has 3 aromatic rings. The maximum absolute atomic E-state index is 13.3. The Bertz CT molecular complexity index is 1140. The van der Waals surface area contributed by atoms with Gasteiger partial charge in [0.1, 0.15) is 0 Å². The Labute approximate surface area is 170 Å². The third-order valence-electron chi connectivity index (χ3n) is 4.57. The van der Waals surface area contributed by atoms with Crippen LogP contribution in [0.4, 0.5) is 5.69 Å². The lowest BCUT2D eigenvalue weighted by Crippen LogP contribution is -2.31. The predicted molar refractivity (Wildman–Crippen MR) is 114 cm³/mol. The number of benzene rings is 3. The summed E-state index contributed by atoms with van der Waals surface area (Å²) in [5, 5.41) is 2.16. The fraction of sp³-hybridized carbons (Fsp3) is 0.190. The number of amides is 1. The summed E-state index contributed by atoms with van der Waals surface area (Å²) in [4.78, 5) is 15.0. The number of hydrogen-bond donors (Lipinski definition) is 0. The molecule has 0 atom stereocenters. The van der Waals surface area contributed by atoms with Crippen LogP contribution in [0.5, 0.6) is 0 Å². The second-order valence-electron chi connectivity index (χ2n) is 6.48. The van der Waals surface area contributed by atoms with E-state index in [1.165, 1.54) is 32.3 Å². The molecule has 0 unspecified atom stereocenters. The normalized spacial score (nSPS) is 11.8. The van der Waals surface area contributed by atoms with Crippen molar-refractivity contribution in [3.05, 3.63) is 71.2 Å². The van der Waals surface area contributed by atoms with Crippen molar-refractivity contribution in [1.29, 1.82) is 0 Å². The van der Waals surface area contributed by atoms with E-state index in [1.54, 1.807) is 4.90 Å². The first-order chi connectivity index (χ1) is 13.3. The monoisotopic (exact) mass is 416 g/mol. The third-order valence-corrected chi connectivity index (χ3v) is 6.71. The first-order valence-electron chi connectivity index (χ1n) is 8.79. The Hall–Kier alpha value is -2.41. The summed E-state index contributed by atoms with van der Waals surface area (Å²) < 4.78 is 26.0. The number of anilines is 1. The van der Waals surface area contributed by atoms with Crippen LogP contribution in [0.1, 0.15) is 17.3 Å². The minimum atomic E-state index is -3.68. The average Bonchev–Trinajstić information content (AvgIpc) is 2.68. The molecule has 5 nitrogen and oxygen atoms in total. The fourth-order valence-electron chi connectivity index (χ4n) is 3.05. The summed E-state index contributed by atoms with van der Waals surface area (Å²) >= 11 is 6.27. The Morgan fingerprint density at radius 2 is 1.68 bits per heavy atom. The zero-order chi connectivity index (χ0) is 20.5. The topological polar surface area (TPSA) is 57.7 Å². The molecule has 0 spiro atoms. The zero-order valence-electron chi connectivity index (χ0n) is 15.9. The van der Waals surface area contributed by atoms with Crippen LogP contribution in [-0.4, -0.2) is 39.3 Å². The molecule has 0 N–H and O–H groups in total. The summed E-state index contributed by atoms with van der Waals surface area (Å²) in [5.41, 5.74) is 0.905. The largest absolute Gasteiger partial charge is 0.308 e. The van der Waals surface area contributed by atoms with Crippen molar-refractivity contribution in [1.82, 2.24) is 4.31 Å². The Morgan fingerprint density at radius 1 is 1.00 bits per heavy atom. The number of nitrogens with zero attached hydrogens (tertiary/aromatic N) is 2. The van der Waals surface area contributed by atoms with E-state index in [0.717, 1.165) is 20.8 Å². The number of sulfonamides is 1. The van der Waals surface area contributed by atoms with Crippen LogP contribution in [0.15, 0.2) is 65.6 Å². The maximum atomic E-state index is 13.3. The van der Waals surface area contributed by atoms with Gasteiger partial charge in [0.15, 0.2) is 0 Å². The van der Waals surface area contributed by atoms with Crippen LogP contribution in [0, 0.1) is 0 Å². The molecule has 0 bridgehead atoms. The van der Waals surface area contributed by atoms with Crippen molar-refractivity contribution in [2.75, 3.05) is 25.5 Å². The Balaban J connectivity index is 2.12. The van der Waals surface area contributed by atoms with E-state index in [9.17, 15) is 13.2 Å². The van der Waals surface area contributed by atoms with Gasteiger partial charge in [0.25, 0.3) is 5.91 Å². The van der Waals surface area contributed by atoms with E-state index in [4.69, 9.17) is 11.6 Å². The highest BCUT2D eigenvalue weighted by Gasteiger charge is 2.24. The average molecular weight is 417 g/mol. The van der Waals surface area contributed by atoms with Gasteiger partial charge in [-0.25, -0.2) is 12.7 Å². The SMILES string of the molecule is CCN(C(=O)c1cc(S(=O)(=O)N(C)C)ccc1Cl)c1cccc2ccccc12. The molecular weight excluding hydrogens is 396 g/mol. The van der Waals surface area contributed by atoms with Crippen molar-refractivity contribution in [2.45, 2.75) is 11.8 Å². The number of carbonyl (C=O) groups is 1. The van der Waals surface area contributed by atoms with Crippen LogP contribution in [0.2, 0.25) is 5.02 Å². The van der Waals surface area contributed by atoms with Gasteiger partial charge in [0.05, 0.1) is 21.2 Å². The van der Waals surface area contributed by atoms with Gasteiger partial charge in [-0.2, -0.15) is 0 Å². The second-order valence-corrected chi connectivity index (χ2v) is 9.04. The molecule has 0 saturated carbocycles. The van der Waals surface area contributed by atoms with Gasteiger partial charge in [0.2, 0.25) is 10.0 Å². The van der Waals surface area contributed by atoms with Crippen molar-refractivity contribution in [3.63, 3.8) is 0 Å². The van der Waals surface area contributed by atoms with Crippen molar-refractivity contribution in [2.24, 2.45) is 0 Å².